The third kappa shape index (κ3) is 3.44. The molecule has 0 unspecified atom stereocenters. The maximum Gasteiger partial charge on any atom is 0.120 e. The van der Waals surface area contributed by atoms with Gasteiger partial charge in [0.1, 0.15) is 6.29 Å². The van der Waals surface area contributed by atoms with Crippen LogP contribution < -0.4 is 0 Å². The number of allylic oxidation sites excluding steroid dienone is 2. The van der Waals surface area contributed by atoms with Crippen LogP contribution in [0.15, 0.2) is 12.2 Å². The van der Waals surface area contributed by atoms with Crippen molar-refractivity contribution in [1.29, 1.82) is 0 Å². The lowest BCUT2D eigenvalue weighted by molar-refractivity contribution is -0.108. The first kappa shape index (κ1) is 9.41. The van der Waals surface area contributed by atoms with Gasteiger partial charge in [-0.3, -0.25) is 0 Å². The van der Waals surface area contributed by atoms with Crippen molar-refractivity contribution in [1.82, 2.24) is 0 Å². The summed E-state index contributed by atoms with van der Waals surface area (Å²) < 4.78 is 0. The third-order valence-corrected chi connectivity index (χ3v) is 1.86. The number of carbonyl (C=O) groups excluding carboxylic acids is 1. The predicted molar refractivity (Wildman–Crippen MR) is 43.8 cm³/mol. The van der Waals surface area contributed by atoms with Crippen molar-refractivity contribution in [2.75, 3.05) is 0 Å². The summed E-state index contributed by atoms with van der Waals surface area (Å²) in [6.45, 7) is 6.23. The second kappa shape index (κ2) is 5.21. The molecular formula is C9H16O. The second-order valence-corrected chi connectivity index (χ2v) is 2.76. The Bertz CT molecular complexity index is 116. The van der Waals surface area contributed by atoms with Crippen LogP contribution in [-0.4, -0.2) is 6.29 Å². The van der Waals surface area contributed by atoms with Crippen molar-refractivity contribution in [3.8, 4) is 0 Å². The van der Waals surface area contributed by atoms with E-state index in [1.54, 1.807) is 0 Å². The Kier molecular flexibility index (Phi) is 4.91. The first-order valence-electron chi connectivity index (χ1n) is 3.78. The molecule has 0 aliphatic heterocycles. The second-order valence-electron chi connectivity index (χ2n) is 2.76. The highest BCUT2D eigenvalue weighted by Gasteiger charge is 2.06. The maximum absolute atomic E-state index is 10.1. The lowest BCUT2D eigenvalue weighted by atomic mass is 9.93. The van der Waals surface area contributed by atoms with Crippen molar-refractivity contribution >= 4 is 6.29 Å². The van der Waals surface area contributed by atoms with E-state index in [-0.39, 0.29) is 0 Å². The Morgan fingerprint density at radius 2 is 2.00 bits per heavy atom. The van der Waals surface area contributed by atoms with Gasteiger partial charge in [0.15, 0.2) is 0 Å². The molecule has 0 aromatic carbocycles. The van der Waals surface area contributed by atoms with Crippen molar-refractivity contribution in [3.05, 3.63) is 12.2 Å². The Morgan fingerprint density at radius 1 is 1.40 bits per heavy atom. The van der Waals surface area contributed by atoms with E-state index in [0.717, 1.165) is 6.29 Å². The van der Waals surface area contributed by atoms with Crippen molar-refractivity contribution in [2.24, 2.45) is 11.8 Å². The van der Waals surface area contributed by atoms with E-state index in [4.69, 9.17) is 0 Å². The van der Waals surface area contributed by atoms with Crippen LogP contribution in [0, 0.1) is 11.8 Å². The first-order valence-corrected chi connectivity index (χ1v) is 3.78. The Hall–Kier alpha value is -0.590. The zero-order chi connectivity index (χ0) is 7.98. The normalized spacial score (nSPS) is 17.1. The molecule has 10 heavy (non-hydrogen) atoms. The quantitative estimate of drug-likeness (QED) is 0.433. The summed E-state index contributed by atoms with van der Waals surface area (Å²) in [5, 5.41) is 0. The molecule has 0 aromatic heterocycles. The highest BCUT2D eigenvalue weighted by molar-refractivity contribution is 5.49. The van der Waals surface area contributed by atoms with Crippen molar-refractivity contribution in [3.63, 3.8) is 0 Å². The van der Waals surface area contributed by atoms with Gasteiger partial charge in [0, 0.05) is 6.42 Å². The van der Waals surface area contributed by atoms with Crippen LogP contribution in [0.1, 0.15) is 27.2 Å². The van der Waals surface area contributed by atoms with Gasteiger partial charge in [-0.05, 0) is 18.8 Å². The van der Waals surface area contributed by atoms with Crippen LogP contribution >= 0.6 is 0 Å². The maximum atomic E-state index is 10.1. The van der Waals surface area contributed by atoms with Crippen LogP contribution in [0.4, 0.5) is 0 Å². The fourth-order valence-corrected chi connectivity index (χ4v) is 0.860. The monoisotopic (exact) mass is 140 g/mol. The van der Waals surface area contributed by atoms with Gasteiger partial charge in [0.2, 0.25) is 0 Å². The molecule has 0 N–H and O–H groups in total. The van der Waals surface area contributed by atoms with Crippen molar-refractivity contribution < 1.29 is 4.79 Å². The van der Waals surface area contributed by atoms with E-state index in [1.165, 1.54) is 0 Å². The lowest BCUT2D eigenvalue weighted by Crippen LogP contribution is -2.05. The number of hydrogen-bond donors (Lipinski definition) is 0. The topological polar surface area (TPSA) is 17.1 Å². The molecule has 58 valence electrons. The van der Waals surface area contributed by atoms with Crippen LogP contribution in [0.3, 0.4) is 0 Å². The number of carbonyl (C=O) groups is 1. The molecular weight excluding hydrogens is 124 g/mol. The summed E-state index contributed by atoms with van der Waals surface area (Å²) >= 11 is 0. The molecule has 1 nitrogen and oxygen atoms in total. The number of aldehydes is 1. The van der Waals surface area contributed by atoms with Gasteiger partial charge >= 0.3 is 0 Å². The Labute approximate surface area is 63.1 Å². The largest absolute Gasteiger partial charge is 0.303 e. The number of hydrogen-bond acceptors (Lipinski definition) is 1. The molecule has 0 fully saturated rings. The molecule has 0 heterocycles. The van der Waals surface area contributed by atoms with E-state index in [1.807, 2.05) is 13.0 Å². The molecule has 0 spiro atoms. The van der Waals surface area contributed by atoms with Crippen LogP contribution in [0.2, 0.25) is 0 Å². The Balaban J connectivity index is 3.68. The van der Waals surface area contributed by atoms with Gasteiger partial charge in [-0.2, -0.15) is 0 Å². The fraction of sp³-hybridized carbons (Fsp3) is 0.667. The summed E-state index contributed by atoms with van der Waals surface area (Å²) in [6.07, 6.45) is 5.83. The molecule has 1 heteroatoms. The molecule has 0 aromatic rings. The molecule has 0 saturated heterocycles. The minimum atomic E-state index is 0.480. The molecule has 0 aliphatic rings. The minimum Gasteiger partial charge on any atom is -0.303 e. The number of rotatable bonds is 4. The summed E-state index contributed by atoms with van der Waals surface area (Å²) in [7, 11) is 0. The first-order chi connectivity index (χ1) is 4.72. The summed E-state index contributed by atoms with van der Waals surface area (Å²) in [6, 6.07) is 0. The Morgan fingerprint density at radius 3 is 2.40 bits per heavy atom. The molecule has 0 amide bonds. The minimum absolute atomic E-state index is 0.480. The average molecular weight is 140 g/mol. The van der Waals surface area contributed by atoms with Gasteiger partial charge < -0.3 is 4.79 Å². The van der Waals surface area contributed by atoms with Gasteiger partial charge in [0.25, 0.3) is 0 Å². The van der Waals surface area contributed by atoms with E-state index >= 15 is 0 Å². The van der Waals surface area contributed by atoms with Crippen molar-refractivity contribution in [2.45, 2.75) is 27.2 Å². The smallest absolute Gasteiger partial charge is 0.120 e. The zero-order valence-electron chi connectivity index (χ0n) is 7.00. The van der Waals surface area contributed by atoms with E-state index in [0.29, 0.717) is 18.3 Å². The molecule has 0 bridgehead atoms. The molecule has 2 atom stereocenters. The van der Waals surface area contributed by atoms with Crippen LogP contribution in [0.5, 0.6) is 0 Å². The lowest BCUT2D eigenvalue weighted by Gasteiger charge is -2.12. The van der Waals surface area contributed by atoms with Gasteiger partial charge in [-0.25, -0.2) is 0 Å². The molecule has 0 saturated carbocycles. The standard InChI is InChI=1S/C9H16O/c1-4-5-8(2)9(3)6-7-10/h4-5,7-9H,6H2,1-3H3/b5-4+/t8-,9+/m1/s1. The zero-order valence-corrected chi connectivity index (χ0v) is 7.00. The SMILES string of the molecule is C/C=C/[C@@H](C)[C@@H](C)CC=O. The van der Waals surface area contributed by atoms with Crippen LogP contribution in [0.25, 0.3) is 0 Å². The highest BCUT2D eigenvalue weighted by atomic mass is 16.1. The third-order valence-electron chi connectivity index (χ3n) is 1.86. The predicted octanol–water partition coefficient (Wildman–Crippen LogP) is 2.42. The molecule has 0 rings (SSSR count). The van der Waals surface area contributed by atoms with Crippen LogP contribution in [-0.2, 0) is 4.79 Å². The average Bonchev–Trinajstić information content (AvgIpc) is 1.89. The summed E-state index contributed by atoms with van der Waals surface area (Å²) in [5.74, 6) is 1.00. The van der Waals surface area contributed by atoms with Gasteiger partial charge in [-0.1, -0.05) is 26.0 Å². The van der Waals surface area contributed by atoms with Gasteiger partial charge in [-0.15, -0.1) is 0 Å². The molecule has 0 radical (unpaired) electrons. The summed E-state index contributed by atoms with van der Waals surface area (Å²) in [4.78, 5) is 10.1. The van der Waals surface area contributed by atoms with E-state index in [2.05, 4.69) is 19.9 Å². The fourth-order valence-electron chi connectivity index (χ4n) is 0.860. The summed E-state index contributed by atoms with van der Waals surface area (Å²) in [5.41, 5.74) is 0. The highest BCUT2D eigenvalue weighted by Crippen LogP contribution is 2.14. The van der Waals surface area contributed by atoms with E-state index < -0.39 is 0 Å². The molecule has 0 aliphatic carbocycles. The van der Waals surface area contributed by atoms with E-state index in [9.17, 15) is 4.79 Å². The van der Waals surface area contributed by atoms with Gasteiger partial charge in [0.05, 0.1) is 0 Å².